The Labute approximate surface area is 114 Å². The molecule has 0 radical (unpaired) electrons. The van der Waals surface area contributed by atoms with Crippen LogP contribution in [0.4, 0.5) is 0 Å². The van der Waals surface area contributed by atoms with Gasteiger partial charge in [0.2, 0.25) is 0 Å². The molecule has 0 bridgehead atoms. The molecule has 0 spiro atoms. The Kier molecular flexibility index (Phi) is 6.14. The lowest BCUT2D eigenvalue weighted by Gasteiger charge is -2.26. The Morgan fingerprint density at radius 2 is 1.84 bits per heavy atom. The van der Waals surface area contributed by atoms with Crippen molar-refractivity contribution in [1.29, 1.82) is 0 Å². The smallest absolute Gasteiger partial charge is 0.119 e. The molecule has 1 aromatic rings. The fourth-order valence-electron chi connectivity index (χ4n) is 2.14. The first kappa shape index (κ1) is 14.3. The predicted molar refractivity (Wildman–Crippen MR) is 74.4 cm³/mol. The standard InChI is InChI=1S/C15H23NO3/c17-13-14-3-5-15(6-4-14)19-10-2-1-7-16-8-11-18-12-9-16/h3-6,17H,1-2,7-13H2. The van der Waals surface area contributed by atoms with Crippen molar-refractivity contribution in [2.24, 2.45) is 0 Å². The maximum Gasteiger partial charge on any atom is 0.119 e. The molecular formula is C15H23NO3. The van der Waals surface area contributed by atoms with E-state index in [1.54, 1.807) is 0 Å². The van der Waals surface area contributed by atoms with Gasteiger partial charge in [0.05, 0.1) is 26.4 Å². The Morgan fingerprint density at radius 1 is 1.11 bits per heavy atom. The molecule has 0 saturated carbocycles. The third-order valence-electron chi connectivity index (χ3n) is 3.35. The van der Waals surface area contributed by atoms with Gasteiger partial charge in [-0.15, -0.1) is 0 Å². The second kappa shape index (κ2) is 8.15. The molecule has 4 nitrogen and oxygen atoms in total. The lowest BCUT2D eigenvalue weighted by atomic mass is 10.2. The molecule has 1 aliphatic rings. The highest BCUT2D eigenvalue weighted by Crippen LogP contribution is 2.12. The molecule has 0 amide bonds. The van der Waals surface area contributed by atoms with Crippen molar-refractivity contribution in [3.63, 3.8) is 0 Å². The van der Waals surface area contributed by atoms with Gasteiger partial charge in [0.25, 0.3) is 0 Å². The molecule has 0 aliphatic carbocycles. The highest BCUT2D eigenvalue weighted by atomic mass is 16.5. The topological polar surface area (TPSA) is 41.9 Å². The summed E-state index contributed by atoms with van der Waals surface area (Å²) in [7, 11) is 0. The van der Waals surface area contributed by atoms with Gasteiger partial charge in [-0.1, -0.05) is 12.1 Å². The molecule has 4 heteroatoms. The molecule has 1 saturated heterocycles. The Morgan fingerprint density at radius 3 is 2.53 bits per heavy atom. The van der Waals surface area contributed by atoms with Crippen LogP contribution in [0, 0.1) is 0 Å². The summed E-state index contributed by atoms with van der Waals surface area (Å²) in [5.74, 6) is 0.878. The maximum absolute atomic E-state index is 8.94. The van der Waals surface area contributed by atoms with E-state index in [1.165, 1.54) is 0 Å². The van der Waals surface area contributed by atoms with Crippen LogP contribution >= 0.6 is 0 Å². The number of nitrogens with zero attached hydrogens (tertiary/aromatic N) is 1. The Hall–Kier alpha value is -1.10. The Bertz CT molecular complexity index is 347. The third-order valence-corrected chi connectivity index (χ3v) is 3.35. The number of unbranched alkanes of at least 4 members (excludes halogenated alkanes) is 1. The zero-order valence-electron chi connectivity index (χ0n) is 11.4. The molecule has 0 aromatic heterocycles. The second-order valence-electron chi connectivity index (χ2n) is 4.81. The number of hydrogen-bond donors (Lipinski definition) is 1. The summed E-state index contributed by atoms with van der Waals surface area (Å²) < 4.78 is 11.0. The van der Waals surface area contributed by atoms with Gasteiger partial charge in [-0.2, -0.15) is 0 Å². The molecular weight excluding hydrogens is 242 g/mol. The predicted octanol–water partition coefficient (Wildman–Crippen LogP) is 1.67. The van der Waals surface area contributed by atoms with E-state index in [0.29, 0.717) is 0 Å². The van der Waals surface area contributed by atoms with Crippen LogP contribution in [-0.2, 0) is 11.3 Å². The minimum absolute atomic E-state index is 0.0832. The van der Waals surface area contributed by atoms with Gasteiger partial charge in [0, 0.05) is 13.1 Å². The molecule has 0 atom stereocenters. The van der Waals surface area contributed by atoms with Gasteiger partial charge in [-0.25, -0.2) is 0 Å². The van der Waals surface area contributed by atoms with Gasteiger partial charge in [-0.3, -0.25) is 4.90 Å². The molecule has 106 valence electrons. The van der Waals surface area contributed by atoms with Crippen LogP contribution in [0.1, 0.15) is 18.4 Å². The minimum Gasteiger partial charge on any atom is -0.494 e. The fraction of sp³-hybridized carbons (Fsp3) is 0.600. The number of benzene rings is 1. The van der Waals surface area contributed by atoms with Crippen LogP contribution < -0.4 is 4.74 Å². The number of ether oxygens (including phenoxy) is 2. The molecule has 1 N–H and O–H groups in total. The molecule has 19 heavy (non-hydrogen) atoms. The van der Waals surface area contributed by atoms with Gasteiger partial charge >= 0.3 is 0 Å². The van der Waals surface area contributed by atoms with Gasteiger partial charge in [-0.05, 0) is 37.1 Å². The number of aliphatic hydroxyl groups is 1. The average molecular weight is 265 g/mol. The Balaban J connectivity index is 1.55. The minimum atomic E-state index is 0.0832. The van der Waals surface area contributed by atoms with Crippen molar-refractivity contribution in [1.82, 2.24) is 4.90 Å². The highest BCUT2D eigenvalue weighted by molar-refractivity contribution is 5.26. The molecule has 2 rings (SSSR count). The number of aliphatic hydroxyl groups excluding tert-OH is 1. The normalized spacial score (nSPS) is 16.5. The van der Waals surface area contributed by atoms with Crippen molar-refractivity contribution >= 4 is 0 Å². The number of rotatable bonds is 7. The van der Waals surface area contributed by atoms with Crippen molar-refractivity contribution in [3.05, 3.63) is 29.8 Å². The van der Waals surface area contributed by atoms with Gasteiger partial charge in [0.1, 0.15) is 5.75 Å². The highest BCUT2D eigenvalue weighted by Gasteiger charge is 2.08. The lowest BCUT2D eigenvalue weighted by molar-refractivity contribution is 0.0368. The summed E-state index contributed by atoms with van der Waals surface area (Å²) in [6.45, 7) is 5.83. The second-order valence-corrected chi connectivity index (χ2v) is 4.81. The first-order chi connectivity index (χ1) is 9.38. The van der Waals surface area contributed by atoms with E-state index < -0.39 is 0 Å². The quantitative estimate of drug-likeness (QED) is 0.762. The van der Waals surface area contributed by atoms with Crippen LogP contribution in [0.2, 0.25) is 0 Å². The molecule has 1 fully saturated rings. The van der Waals surface area contributed by atoms with Crippen LogP contribution in [0.5, 0.6) is 5.75 Å². The summed E-state index contributed by atoms with van der Waals surface area (Å²) in [6, 6.07) is 7.60. The monoisotopic (exact) mass is 265 g/mol. The average Bonchev–Trinajstić information content (AvgIpc) is 2.49. The molecule has 1 aromatic carbocycles. The van der Waals surface area contributed by atoms with Crippen LogP contribution in [0.3, 0.4) is 0 Å². The third kappa shape index (κ3) is 5.19. The molecule has 0 unspecified atom stereocenters. The van der Waals surface area contributed by atoms with Crippen molar-refractivity contribution in [2.45, 2.75) is 19.4 Å². The van der Waals surface area contributed by atoms with E-state index in [9.17, 15) is 0 Å². The van der Waals surface area contributed by atoms with E-state index in [0.717, 1.165) is 63.6 Å². The van der Waals surface area contributed by atoms with Gasteiger partial charge in [0.15, 0.2) is 0 Å². The van der Waals surface area contributed by atoms with Crippen LogP contribution in [0.25, 0.3) is 0 Å². The number of morpholine rings is 1. The van der Waals surface area contributed by atoms with Crippen molar-refractivity contribution in [3.8, 4) is 5.75 Å². The summed E-state index contributed by atoms with van der Waals surface area (Å²) in [4.78, 5) is 2.44. The summed E-state index contributed by atoms with van der Waals surface area (Å²) in [5.41, 5.74) is 0.916. The summed E-state index contributed by atoms with van der Waals surface area (Å²) in [6.07, 6.45) is 2.23. The summed E-state index contributed by atoms with van der Waals surface area (Å²) in [5, 5.41) is 8.94. The SMILES string of the molecule is OCc1ccc(OCCCCN2CCOCC2)cc1. The van der Waals surface area contributed by atoms with E-state index in [4.69, 9.17) is 14.6 Å². The largest absolute Gasteiger partial charge is 0.494 e. The van der Waals surface area contributed by atoms with E-state index in [-0.39, 0.29) is 6.61 Å². The molecule has 1 heterocycles. The number of hydrogen-bond acceptors (Lipinski definition) is 4. The van der Waals surface area contributed by atoms with Crippen LogP contribution in [0.15, 0.2) is 24.3 Å². The van der Waals surface area contributed by atoms with E-state index in [1.807, 2.05) is 24.3 Å². The molecule has 1 aliphatic heterocycles. The summed E-state index contributed by atoms with van der Waals surface area (Å²) >= 11 is 0. The first-order valence-corrected chi connectivity index (χ1v) is 7.01. The van der Waals surface area contributed by atoms with E-state index in [2.05, 4.69) is 4.90 Å². The van der Waals surface area contributed by atoms with Crippen molar-refractivity contribution in [2.75, 3.05) is 39.5 Å². The zero-order valence-corrected chi connectivity index (χ0v) is 11.4. The first-order valence-electron chi connectivity index (χ1n) is 7.01. The fourth-order valence-corrected chi connectivity index (χ4v) is 2.14. The van der Waals surface area contributed by atoms with E-state index >= 15 is 0 Å². The van der Waals surface area contributed by atoms with Crippen molar-refractivity contribution < 1.29 is 14.6 Å². The lowest BCUT2D eigenvalue weighted by Crippen LogP contribution is -2.36. The maximum atomic E-state index is 8.94. The zero-order chi connectivity index (χ0) is 13.3. The van der Waals surface area contributed by atoms with Gasteiger partial charge < -0.3 is 14.6 Å². The van der Waals surface area contributed by atoms with Crippen LogP contribution in [-0.4, -0.2) is 49.5 Å².